The zero-order valence-corrected chi connectivity index (χ0v) is 12.3. The molecule has 0 aliphatic heterocycles. The van der Waals surface area contributed by atoms with Crippen LogP contribution in [-0.4, -0.2) is 23.1 Å². The molecule has 100 valence electrons. The molecule has 0 aromatic heterocycles. The van der Waals surface area contributed by atoms with Crippen LogP contribution in [0.25, 0.3) is 0 Å². The molecule has 0 saturated heterocycles. The van der Waals surface area contributed by atoms with E-state index in [1.165, 1.54) is 0 Å². The standard InChI is InChI=1S/C14H20ClNO2/c1-9(2)16(10(3)4)14(17)18-13-7-6-11(5)8-12(13)15/h6-10H,1-5H3. The lowest BCUT2D eigenvalue weighted by atomic mass is 10.2. The van der Waals surface area contributed by atoms with Gasteiger partial charge in [0.1, 0.15) is 0 Å². The molecule has 0 heterocycles. The third-order valence-electron chi connectivity index (χ3n) is 2.61. The Bertz CT molecular complexity index is 422. The number of hydrogen-bond acceptors (Lipinski definition) is 2. The number of halogens is 1. The lowest BCUT2D eigenvalue weighted by molar-refractivity contribution is 0.123. The van der Waals surface area contributed by atoms with Crippen molar-refractivity contribution in [3.63, 3.8) is 0 Å². The van der Waals surface area contributed by atoms with Crippen molar-refractivity contribution in [2.24, 2.45) is 0 Å². The first-order chi connectivity index (χ1) is 8.32. The summed E-state index contributed by atoms with van der Waals surface area (Å²) >= 11 is 6.04. The number of ether oxygens (including phenoxy) is 1. The predicted molar refractivity (Wildman–Crippen MR) is 74.3 cm³/mol. The predicted octanol–water partition coefficient (Wildman–Crippen LogP) is 4.27. The highest BCUT2D eigenvalue weighted by Gasteiger charge is 2.22. The average Bonchev–Trinajstić information content (AvgIpc) is 2.21. The van der Waals surface area contributed by atoms with Gasteiger partial charge in [-0.3, -0.25) is 0 Å². The highest BCUT2D eigenvalue weighted by Crippen LogP contribution is 2.26. The van der Waals surface area contributed by atoms with Crippen LogP contribution in [0.1, 0.15) is 33.3 Å². The van der Waals surface area contributed by atoms with Crippen LogP contribution in [0, 0.1) is 6.92 Å². The minimum Gasteiger partial charge on any atom is -0.409 e. The number of aryl methyl sites for hydroxylation is 1. The lowest BCUT2D eigenvalue weighted by Gasteiger charge is -2.29. The summed E-state index contributed by atoms with van der Waals surface area (Å²) in [6.45, 7) is 9.76. The minimum absolute atomic E-state index is 0.0849. The molecule has 0 N–H and O–H groups in total. The minimum atomic E-state index is -0.370. The molecule has 1 rings (SSSR count). The van der Waals surface area contributed by atoms with Gasteiger partial charge in [0.2, 0.25) is 0 Å². The van der Waals surface area contributed by atoms with Crippen molar-refractivity contribution < 1.29 is 9.53 Å². The van der Waals surface area contributed by atoms with Gasteiger partial charge in [-0.25, -0.2) is 4.79 Å². The third-order valence-corrected chi connectivity index (χ3v) is 2.90. The second-order valence-electron chi connectivity index (χ2n) is 4.90. The van der Waals surface area contributed by atoms with E-state index in [0.717, 1.165) is 5.56 Å². The van der Waals surface area contributed by atoms with Gasteiger partial charge in [0.15, 0.2) is 5.75 Å². The number of carbonyl (C=O) groups is 1. The zero-order valence-electron chi connectivity index (χ0n) is 11.5. The van der Waals surface area contributed by atoms with Gasteiger partial charge in [-0.1, -0.05) is 17.7 Å². The van der Waals surface area contributed by atoms with E-state index >= 15 is 0 Å². The number of carbonyl (C=O) groups excluding carboxylic acids is 1. The summed E-state index contributed by atoms with van der Waals surface area (Å²) in [5.41, 5.74) is 1.03. The molecule has 0 aliphatic carbocycles. The molecule has 0 aliphatic rings. The first-order valence-electron chi connectivity index (χ1n) is 6.09. The van der Waals surface area contributed by atoms with Crippen molar-refractivity contribution in [3.05, 3.63) is 28.8 Å². The van der Waals surface area contributed by atoms with Crippen LogP contribution in [0.2, 0.25) is 5.02 Å². The molecular weight excluding hydrogens is 250 g/mol. The third kappa shape index (κ3) is 3.64. The molecule has 0 radical (unpaired) electrons. The molecule has 0 unspecified atom stereocenters. The summed E-state index contributed by atoms with van der Waals surface area (Å²) in [5, 5.41) is 0.454. The second-order valence-corrected chi connectivity index (χ2v) is 5.30. The first-order valence-corrected chi connectivity index (χ1v) is 6.47. The topological polar surface area (TPSA) is 29.5 Å². The Labute approximate surface area is 114 Å². The number of benzene rings is 1. The van der Waals surface area contributed by atoms with Crippen molar-refractivity contribution in [2.75, 3.05) is 0 Å². The van der Waals surface area contributed by atoms with E-state index in [1.54, 1.807) is 17.0 Å². The van der Waals surface area contributed by atoms with Gasteiger partial charge in [-0.15, -0.1) is 0 Å². The largest absolute Gasteiger partial charge is 0.415 e. The van der Waals surface area contributed by atoms with Gasteiger partial charge in [-0.2, -0.15) is 0 Å². The normalized spacial score (nSPS) is 10.9. The van der Waals surface area contributed by atoms with E-state index in [9.17, 15) is 4.79 Å². The number of rotatable bonds is 3. The van der Waals surface area contributed by atoms with Gasteiger partial charge in [0.05, 0.1) is 5.02 Å². The van der Waals surface area contributed by atoms with Crippen molar-refractivity contribution >= 4 is 17.7 Å². The molecule has 3 nitrogen and oxygen atoms in total. The van der Waals surface area contributed by atoms with Crippen molar-refractivity contribution in [1.29, 1.82) is 0 Å². The number of hydrogen-bond donors (Lipinski definition) is 0. The summed E-state index contributed by atoms with van der Waals surface area (Å²) < 4.78 is 5.34. The average molecular weight is 270 g/mol. The second kappa shape index (κ2) is 6.10. The van der Waals surface area contributed by atoms with Crippen LogP contribution < -0.4 is 4.74 Å². The van der Waals surface area contributed by atoms with Gasteiger partial charge in [0.25, 0.3) is 0 Å². The van der Waals surface area contributed by atoms with E-state index < -0.39 is 0 Å². The van der Waals surface area contributed by atoms with Crippen LogP contribution in [0.5, 0.6) is 5.75 Å². The number of amides is 1. The van der Waals surface area contributed by atoms with E-state index in [2.05, 4.69) is 0 Å². The fourth-order valence-electron chi connectivity index (χ4n) is 1.85. The van der Waals surface area contributed by atoms with E-state index in [-0.39, 0.29) is 18.2 Å². The van der Waals surface area contributed by atoms with Crippen molar-refractivity contribution in [1.82, 2.24) is 4.90 Å². The Kier molecular flexibility index (Phi) is 5.03. The van der Waals surface area contributed by atoms with Crippen LogP contribution in [0.15, 0.2) is 18.2 Å². The van der Waals surface area contributed by atoms with E-state index in [1.807, 2.05) is 40.7 Å². The Morgan fingerprint density at radius 2 is 1.78 bits per heavy atom. The Morgan fingerprint density at radius 1 is 1.22 bits per heavy atom. The maximum atomic E-state index is 12.1. The van der Waals surface area contributed by atoms with Crippen LogP contribution in [-0.2, 0) is 0 Å². The quantitative estimate of drug-likeness (QED) is 0.820. The van der Waals surface area contributed by atoms with Crippen LogP contribution >= 0.6 is 11.6 Å². The van der Waals surface area contributed by atoms with Gasteiger partial charge in [-0.05, 0) is 52.3 Å². The lowest BCUT2D eigenvalue weighted by Crippen LogP contribution is -2.43. The molecule has 1 aromatic rings. The molecule has 1 aromatic carbocycles. The summed E-state index contributed by atoms with van der Waals surface area (Å²) in [6.07, 6.45) is -0.370. The Morgan fingerprint density at radius 3 is 2.22 bits per heavy atom. The van der Waals surface area contributed by atoms with Gasteiger partial charge in [0, 0.05) is 12.1 Å². The van der Waals surface area contributed by atoms with Crippen molar-refractivity contribution in [2.45, 2.75) is 46.7 Å². The SMILES string of the molecule is Cc1ccc(OC(=O)N(C(C)C)C(C)C)c(Cl)c1. The van der Waals surface area contributed by atoms with E-state index in [4.69, 9.17) is 16.3 Å². The molecule has 18 heavy (non-hydrogen) atoms. The monoisotopic (exact) mass is 269 g/mol. The molecule has 1 amide bonds. The van der Waals surface area contributed by atoms with Crippen molar-refractivity contribution in [3.8, 4) is 5.75 Å². The molecular formula is C14H20ClNO2. The Hall–Kier alpha value is -1.22. The summed E-state index contributed by atoms with van der Waals surface area (Å²) in [5.74, 6) is 0.401. The summed E-state index contributed by atoms with van der Waals surface area (Å²) in [6, 6.07) is 5.53. The maximum Gasteiger partial charge on any atom is 0.415 e. The van der Waals surface area contributed by atoms with Gasteiger partial charge < -0.3 is 9.64 Å². The van der Waals surface area contributed by atoms with Crippen LogP contribution in [0.3, 0.4) is 0 Å². The summed E-state index contributed by atoms with van der Waals surface area (Å²) in [4.78, 5) is 13.8. The molecule has 4 heteroatoms. The van der Waals surface area contributed by atoms with E-state index in [0.29, 0.717) is 10.8 Å². The van der Waals surface area contributed by atoms with Crippen LogP contribution in [0.4, 0.5) is 4.79 Å². The number of nitrogens with zero attached hydrogens (tertiary/aromatic N) is 1. The zero-order chi connectivity index (χ0) is 13.9. The molecule has 0 fully saturated rings. The fraction of sp³-hybridized carbons (Fsp3) is 0.500. The maximum absolute atomic E-state index is 12.1. The molecule has 0 atom stereocenters. The summed E-state index contributed by atoms with van der Waals surface area (Å²) in [7, 11) is 0. The fourth-order valence-corrected chi connectivity index (χ4v) is 2.13. The highest BCUT2D eigenvalue weighted by atomic mass is 35.5. The highest BCUT2D eigenvalue weighted by molar-refractivity contribution is 6.32. The molecule has 0 spiro atoms. The van der Waals surface area contributed by atoms with Gasteiger partial charge >= 0.3 is 6.09 Å². The smallest absolute Gasteiger partial charge is 0.409 e. The molecule has 0 saturated carbocycles. The Balaban J connectivity index is 2.86. The first kappa shape index (κ1) is 14.8. The molecule has 0 bridgehead atoms.